The zero-order valence-corrected chi connectivity index (χ0v) is 14.5. The molecule has 1 aliphatic rings. The fourth-order valence-electron chi connectivity index (χ4n) is 1.99. The van der Waals surface area contributed by atoms with Gasteiger partial charge in [-0.05, 0) is 6.92 Å². The van der Waals surface area contributed by atoms with Gasteiger partial charge in [-0.25, -0.2) is 9.97 Å². The first-order chi connectivity index (χ1) is 10.5. The highest BCUT2D eigenvalue weighted by Crippen LogP contribution is 2.28. The van der Waals surface area contributed by atoms with Crippen molar-refractivity contribution >= 4 is 45.9 Å². The van der Waals surface area contributed by atoms with Crippen LogP contribution in [0.3, 0.4) is 0 Å². The molecule has 0 unspecified atom stereocenters. The fraction of sp³-hybridized carbons (Fsp3) is 0.385. The second kappa shape index (κ2) is 6.43. The van der Waals surface area contributed by atoms with E-state index in [1.54, 1.807) is 18.8 Å². The van der Waals surface area contributed by atoms with Crippen molar-refractivity contribution in [2.45, 2.75) is 23.4 Å². The maximum Gasteiger partial charge on any atom is 0.267 e. The van der Waals surface area contributed by atoms with Crippen LogP contribution in [0, 0.1) is 6.92 Å². The van der Waals surface area contributed by atoms with Crippen molar-refractivity contribution in [1.29, 1.82) is 0 Å². The Labute approximate surface area is 139 Å². The summed E-state index contributed by atoms with van der Waals surface area (Å²) in [6.07, 6.45) is 0.814. The van der Waals surface area contributed by atoms with E-state index in [4.69, 9.17) is 0 Å². The molecule has 0 saturated carbocycles. The second-order valence-electron chi connectivity index (χ2n) is 4.76. The molecule has 6 nitrogen and oxygen atoms in total. The van der Waals surface area contributed by atoms with E-state index in [0.717, 1.165) is 28.5 Å². The molecule has 0 aromatic carbocycles. The number of nitrogens with one attached hydrogen (secondary N) is 1. The third kappa shape index (κ3) is 3.21. The summed E-state index contributed by atoms with van der Waals surface area (Å²) in [4.78, 5) is 33.6. The summed E-state index contributed by atoms with van der Waals surface area (Å²) < 4.78 is 1.52. The second-order valence-corrected chi connectivity index (χ2v) is 7.67. The number of thioether (sulfide) groups is 2. The van der Waals surface area contributed by atoms with Crippen LogP contribution >= 0.6 is 34.9 Å². The molecule has 116 valence electrons. The van der Waals surface area contributed by atoms with Crippen LogP contribution < -0.4 is 10.9 Å². The molecule has 0 saturated heterocycles. The Morgan fingerprint density at radius 2 is 2.32 bits per heavy atom. The van der Waals surface area contributed by atoms with Gasteiger partial charge in [-0.3, -0.25) is 14.2 Å². The Balaban J connectivity index is 1.68. The number of hydrogen-bond donors (Lipinski definition) is 1. The average Bonchev–Trinajstić information content (AvgIpc) is 3.10. The Kier molecular flexibility index (Phi) is 4.55. The first kappa shape index (κ1) is 15.6. The van der Waals surface area contributed by atoms with E-state index >= 15 is 0 Å². The molecule has 1 amide bonds. The molecule has 22 heavy (non-hydrogen) atoms. The van der Waals surface area contributed by atoms with Gasteiger partial charge in [0.05, 0.1) is 22.0 Å². The van der Waals surface area contributed by atoms with Gasteiger partial charge in [-0.2, -0.15) is 0 Å². The van der Waals surface area contributed by atoms with E-state index in [2.05, 4.69) is 15.3 Å². The standard InChI is InChI=1S/C13H14N4O2S3/c1-7-5-21-12(14-7)16-9(18)6-22-13-15-8-3-4-20-10(8)11(19)17(13)2/h5H,3-4,6H2,1-2H3,(H,14,16,18). The smallest absolute Gasteiger partial charge is 0.267 e. The third-order valence-corrected chi connectivity index (χ3v) is 6.07. The zero-order valence-electron chi connectivity index (χ0n) is 12.1. The van der Waals surface area contributed by atoms with Crippen LogP contribution in [-0.4, -0.2) is 31.9 Å². The van der Waals surface area contributed by atoms with Crippen molar-refractivity contribution in [2.75, 3.05) is 16.8 Å². The molecular weight excluding hydrogens is 340 g/mol. The minimum absolute atomic E-state index is 0.0223. The number of fused-ring (bicyclic) bond motifs is 1. The summed E-state index contributed by atoms with van der Waals surface area (Å²) in [5.41, 5.74) is 1.71. The molecule has 1 N–H and O–H groups in total. The number of amides is 1. The minimum Gasteiger partial charge on any atom is -0.301 e. The Morgan fingerprint density at radius 3 is 3.05 bits per heavy atom. The molecule has 0 atom stereocenters. The van der Waals surface area contributed by atoms with Crippen LogP contribution in [0.5, 0.6) is 0 Å². The molecule has 0 fully saturated rings. The summed E-state index contributed by atoms with van der Waals surface area (Å²) in [6.45, 7) is 1.88. The summed E-state index contributed by atoms with van der Waals surface area (Å²) in [6, 6.07) is 0. The van der Waals surface area contributed by atoms with E-state index in [0.29, 0.717) is 10.3 Å². The maximum atomic E-state index is 12.2. The maximum absolute atomic E-state index is 12.2. The lowest BCUT2D eigenvalue weighted by atomic mass is 10.3. The summed E-state index contributed by atoms with van der Waals surface area (Å²) in [7, 11) is 1.69. The number of hydrogen-bond acceptors (Lipinski definition) is 7. The first-order valence-electron chi connectivity index (χ1n) is 6.62. The highest BCUT2D eigenvalue weighted by Gasteiger charge is 2.20. The van der Waals surface area contributed by atoms with E-state index in [1.807, 2.05) is 12.3 Å². The van der Waals surface area contributed by atoms with Crippen molar-refractivity contribution in [3.05, 3.63) is 27.1 Å². The van der Waals surface area contributed by atoms with Crippen molar-refractivity contribution in [2.24, 2.45) is 7.05 Å². The molecule has 1 aliphatic heterocycles. The van der Waals surface area contributed by atoms with Gasteiger partial charge in [-0.15, -0.1) is 23.1 Å². The van der Waals surface area contributed by atoms with E-state index < -0.39 is 0 Å². The topological polar surface area (TPSA) is 76.9 Å². The predicted octanol–water partition coefficient (Wildman–Crippen LogP) is 1.92. The normalized spacial score (nSPS) is 13.2. The SMILES string of the molecule is Cc1csc(NC(=O)CSc2nc3c(c(=O)n2C)SCC3)n1. The summed E-state index contributed by atoms with van der Waals surface area (Å²) in [5, 5.41) is 5.80. The number of carbonyl (C=O) groups excluding carboxylic acids is 1. The Bertz CT molecular complexity index is 784. The third-order valence-electron chi connectivity index (χ3n) is 3.06. The number of anilines is 1. The number of carbonyl (C=O) groups is 1. The zero-order chi connectivity index (χ0) is 15.7. The van der Waals surface area contributed by atoms with Gasteiger partial charge >= 0.3 is 0 Å². The van der Waals surface area contributed by atoms with E-state index in [9.17, 15) is 9.59 Å². The molecule has 3 heterocycles. The molecular formula is C13H14N4O2S3. The van der Waals surface area contributed by atoms with E-state index in [1.165, 1.54) is 27.7 Å². The van der Waals surface area contributed by atoms with Gasteiger partial charge in [0.1, 0.15) is 0 Å². The van der Waals surface area contributed by atoms with Gasteiger partial charge in [-0.1, -0.05) is 11.8 Å². The first-order valence-corrected chi connectivity index (χ1v) is 9.47. The number of aryl methyl sites for hydroxylation is 2. The number of thiazole rings is 1. The predicted molar refractivity (Wildman–Crippen MR) is 90.1 cm³/mol. The van der Waals surface area contributed by atoms with Crippen LogP contribution in [0.2, 0.25) is 0 Å². The van der Waals surface area contributed by atoms with Crippen molar-refractivity contribution in [1.82, 2.24) is 14.5 Å². The quantitative estimate of drug-likeness (QED) is 0.668. The lowest BCUT2D eigenvalue weighted by Crippen LogP contribution is -2.23. The number of rotatable bonds is 4. The van der Waals surface area contributed by atoms with Gasteiger partial charge in [0.25, 0.3) is 5.56 Å². The molecule has 3 rings (SSSR count). The van der Waals surface area contributed by atoms with Crippen molar-refractivity contribution in [3.63, 3.8) is 0 Å². The molecule has 0 aliphatic carbocycles. The molecule has 0 spiro atoms. The Morgan fingerprint density at radius 1 is 1.50 bits per heavy atom. The van der Waals surface area contributed by atoms with Crippen LogP contribution in [0.4, 0.5) is 5.13 Å². The number of nitrogens with zero attached hydrogens (tertiary/aromatic N) is 3. The van der Waals surface area contributed by atoms with E-state index in [-0.39, 0.29) is 17.2 Å². The van der Waals surface area contributed by atoms with Crippen LogP contribution in [0.15, 0.2) is 20.2 Å². The van der Waals surface area contributed by atoms with Gasteiger partial charge in [0, 0.05) is 24.6 Å². The Hall–Kier alpha value is -1.32. The van der Waals surface area contributed by atoms with Gasteiger partial charge in [0.2, 0.25) is 5.91 Å². The van der Waals surface area contributed by atoms with Gasteiger partial charge in [0.15, 0.2) is 10.3 Å². The molecule has 9 heteroatoms. The monoisotopic (exact) mass is 354 g/mol. The highest BCUT2D eigenvalue weighted by molar-refractivity contribution is 8.00. The van der Waals surface area contributed by atoms with Crippen LogP contribution in [-0.2, 0) is 18.3 Å². The van der Waals surface area contributed by atoms with Crippen LogP contribution in [0.25, 0.3) is 0 Å². The number of aromatic nitrogens is 3. The minimum atomic E-state index is -0.150. The van der Waals surface area contributed by atoms with Gasteiger partial charge < -0.3 is 5.32 Å². The van der Waals surface area contributed by atoms with Crippen molar-refractivity contribution < 1.29 is 4.79 Å². The largest absolute Gasteiger partial charge is 0.301 e. The lowest BCUT2D eigenvalue weighted by molar-refractivity contribution is -0.113. The molecule has 2 aromatic rings. The fourth-order valence-corrected chi connectivity index (χ4v) is 4.56. The highest BCUT2D eigenvalue weighted by atomic mass is 32.2. The molecule has 0 radical (unpaired) electrons. The average molecular weight is 354 g/mol. The lowest BCUT2D eigenvalue weighted by Gasteiger charge is -2.08. The summed E-state index contributed by atoms with van der Waals surface area (Å²) >= 11 is 4.22. The summed E-state index contributed by atoms with van der Waals surface area (Å²) in [5.74, 6) is 0.948. The molecule has 0 bridgehead atoms. The van der Waals surface area contributed by atoms with Crippen LogP contribution in [0.1, 0.15) is 11.4 Å². The molecule has 2 aromatic heterocycles. The van der Waals surface area contributed by atoms with Crippen molar-refractivity contribution in [3.8, 4) is 0 Å².